The maximum Gasteiger partial charge on any atom is 0.308 e. The van der Waals surface area contributed by atoms with E-state index in [0.29, 0.717) is 11.3 Å². The lowest BCUT2D eigenvalue weighted by Gasteiger charge is -2.24. The molecule has 1 unspecified atom stereocenters. The first-order chi connectivity index (χ1) is 9.85. The molecule has 0 radical (unpaired) electrons. The Labute approximate surface area is 123 Å². The first kappa shape index (κ1) is 16.7. The lowest BCUT2D eigenvalue weighted by atomic mass is 10.1. The van der Waals surface area contributed by atoms with Gasteiger partial charge in [-0.1, -0.05) is 26.0 Å². The maximum atomic E-state index is 12.0. The molecular weight excluding hydrogens is 274 g/mol. The molecule has 0 aliphatic heterocycles. The lowest BCUT2D eigenvalue weighted by molar-refractivity contribution is -0.141. The van der Waals surface area contributed by atoms with Gasteiger partial charge in [-0.2, -0.15) is 0 Å². The van der Waals surface area contributed by atoms with E-state index in [1.54, 1.807) is 31.2 Å². The zero-order valence-corrected chi connectivity index (χ0v) is 12.1. The summed E-state index contributed by atoms with van der Waals surface area (Å²) in [6.07, 6.45) is 0.177. The Morgan fingerprint density at radius 3 is 2.14 bits per heavy atom. The van der Waals surface area contributed by atoms with Crippen LogP contribution in [0.4, 0.5) is 5.69 Å². The number of carbonyl (C=O) groups is 3. The van der Waals surface area contributed by atoms with Gasteiger partial charge in [0.05, 0.1) is 12.3 Å². The van der Waals surface area contributed by atoms with Crippen LogP contribution in [0.1, 0.15) is 25.8 Å². The summed E-state index contributed by atoms with van der Waals surface area (Å²) >= 11 is 0. The fraction of sp³-hybridized carbons (Fsp3) is 0.400. The third kappa shape index (κ3) is 4.91. The smallest absolute Gasteiger partial charge is 0.308 e. The van der Waals surface area contributed by atoms with E-state index in [1.807, 2.05) is 0 Å². The number of carboxylic acid groups (broad SMARTS) is 2. The van der Waals surface area contributed by atoms with Crippen LogP contribution >= 0.6 is 0 Å². The molecule has 1 rings (SSSR count). The van der Waals surface area contributed by atoms with E-state index in [-0.39, 0.29) is 25.3 Å². The molecule has 0 bridgehead atoms. The van der Waals surface area contributed by atoms with Gasteiger partial charge in [0, 0.05) is 18.7 Å². The van der Waals surface area contributed by atoms with Crippen molar-refractivity contribution in [1.82, 2.24) is 0 Å². The van der Waals surface area contributed by atoms with E-state index < -0.39 is 17.9 Å². The second-order valence-electron chi connectivity index (χ2n) is 4.83. The molecule has 114 valence electrons. The number of benzene rings is 1. The van der Waals surface area contributed by atoms with Crippen molar-refractivity contribution in [3.05, 3.63) is 29.8 Å². The first-order valence-electron chi connectivity index (χ1n) is 6.69. The number of anilines is 1. The van der Waals surface area contributed by atoms with Gasteiger partial charge in [0.15, 0.2) is 0 Å². The van der Waals surface area contributed by atoms with Crippen LogP contribution in [0.5, 0.6) is 0 Å². The van der Waals surface area contributed by atoms with Crippen LogP contribution in [0, 0.1) is 5.92 Å². The van der Waals surface area contributed by atoms with Crippen molar-refractivity contribution in [3.63, 3.8) is 0 Å². The standard InChI is InChI=1S/C15H19NO5/c1-3-13(17)16(9-10(2)15(20)21)12-6-4-11(5-7-12)8-14(18)19/h4-7,10H,3,8-9H2,1-2H3,(H,18,19)(H,20,21). The Morgan fingerprint density at radius 2 is 1.71 bits per heavy atom. The Balaban J connectivity index is 2.95. The number of nitrogens with zero attached hydrogens (tertiary/aromatic N) is 1. The van der Waals surface area contributed by atoms with Gasteiger partial charge < -0.3 is 15.1 Å². The molecule has 21 heavy (non-hydrogen) atoms. The molecule has 0 aromatic heterocycles. The Hall–Kier alpha value is -2.37. The summed E-state index contributed by atoms with van der Waals surface area (Å²) in [7, 11) is 0. The summed E-state index contributed by atoms with van der Waals surface area (Å²) in [5.74, 6) is -2.75. The number of amides is 1. The molecule has 1 amide bonds. The van der Waals surface area contributed by atoms with Crippen molar-refractivity contribution in [2.75, 3.05) is 11.4 Å². The third-order valence-corrected chi connectivity index (χ3v) is 3.08. The maximum absolute atomic E-state index is 12.0. The minimum Gasteiger partial charge on any atom is -0.481 e. The predicted molar refractivity (Wildman–Crippen MR) is 77.2 cm³/mol. The van der Waals surface area contributed by atoms with Gasteiger partial charge >= 0.3 is 11.9 Å². The highest BCUT2D eigenvalue weighted by Crippen LogP contribution is 2.18. The summed E-state index contributed by atoms with van der Waals surface area (Å²) in [5, 5.41) is 17.7. The van der Waals surface area contributed by atoms with Crippen LogP contribution in [0.15, 0.2) is 24.3 Å². The van der Waals surface area contributed by atoms with Crippen LogP contribution < -0.4 is 4.90 Å². The summed E-state index contributed by atoms with van der Waals surface area (Å²) in [5.41, 5.74) is 1.20. The van der Waals surface area contributed by atoms with Gasteiger partial charge in [0.25, 0.3) is 0 Å². The fourth-order valence-electron chi connectivity index (χ4n) is 1.86. The number of aliphatic carboxylic acids is 2. The van der Waals surface area contributed by atoms with Crippen molar-refractivity contribution < 1.29 is 24.6 Å². The van der Waals surface area contributed by atoms with E-state index >= 15 is 0 Å². The third-order valence-electron chi connectivity index (χ3n) is 3.08. The zero-order chi connectivity index (χ0) is 16.0. The lowest BCUT2D eigenvalue weighted by Crippen LogP contribution is -2.36. The highest BCUT2D eigenvalue weighted by molar-refractivity contribution is 5.93. The van der Waals surface area contributed by atoms with Crippen LogP contribution in [0.25, 0.3) is 0 Å². The topological polar surface area (TPSA) is 94.9 Å². The van der Waals surface area contributed by atoms with E-state index in [2.05, 4.69) is 0 Å². The van der Waals surface area contributed by atoms with Crippen LogP contribution in [-0.4, -0.2) is 34.6 Å². The van der Waals surface area contributed by atoms with Crippen LogP contribution in [-0.2, 0) is 20.8 Å². The molecule has 0 aliphatic rings. The molecular formula is C15H19NO5. The van der Waals surface area contributed by atoms with Gasteiger partial charge in [-0.15, -0.1) is 0 Å². The van der Waals surface area contributed by atoms with E-state index in [9.17, 15) is 14.4 Å². The Bertz CT molecular complexity index is 523. The monoisotopic (exact) mass is 293 g/mol. The SMILES string of the molecule is CCC(=O)N(CC(C)C(=O)O)c1ccc(CC(=O)O)cc1. The molecule has 0 fully saturated rings. The molecule has 6 heteroatoms. The minimum atomic E-state index is -0.966. The van der Waals surface area contributed by atoms with E-state index in [0.717, 1.165) is 0 Å². The molecule has 0 spiro atoms. The molecule has 6 nitrogen and oxygen atoms in total. The molecule has 0 heterocycles. The van der Waals surface area contributed by atoms with Crippen molar-refractivity contribution >= 4 is 23.5 Å². The molecule has 1 aromatic carbocycles. The van der Waals surface area contributed by atoms with E-state index in [4.69, 9.17) is 10.2 Å². The van der Waals surface area contributed by atoms with Crippen molar-refractivity contribution in [3.8, 4) is 0 Å². The number of carboxylic acids is 2. The van der Waals surface area contributed by atoms with Gasteiger partial charge in [-0.3, -0.25) is 14.4 Å². The molecule has 1 aromatic rings. The minimum absolute atomic E-state index is 0.0836. The van der Waals surface area contributed by atoms with Crippen LogP contribution in [0.3, 0.4) is 0 Å². The Morgan fingerprint density at radius 1 is 1.14 bits per heavy atom. The molecule has 0 saturated heterocycles. The zero-order valence-electron chi connectivity index (χ0n) is 12.1. The quantitative estimate of drug-likeness (QED) is 0.799. The van der Waals surface area contributed by atoms with Gasteiger partial charge in [-0.25, -0.2) is 0 Å². The number of hydrogen-bond acceptors (Lipinski definition) is 3. The largest absolute Gasteiger partial charge is 0.481 e. The van der Waals surface area contributed by atoms with Crippen molar-refractivity contribution in [2.24, 2.45) is 5.92 Å². The van der Waals surface area contributed by atoms with Gasteiger partial charge in [0.1, 0.15) is 0 Å². The molecule has 1 atom stereocenters. The average molecular weight is 293 g/mol. The fourth-order valence-corrected chi connectivity index (χ4v) is 1.86. The average Bonchev–Trinajstić information content (AvgIpc) is 2.44. The highest BCUT2D eigenvalue weighted by atomic mass is 16.4. The number of rotatable bonds is 7. The highest BCUT2D eigenvalue weighted by Gasteiger charge is 2.21. The first-order valence-corrected chi connectivity index (χ1v) is 6.69. The second-order valence-corrected chi connectivity index (χ2v) is 4.83. The van der Waals surface area contributed by atoms with Crippen molar-refractivity contribution in [2.45, 2.75) is 26.7 Å². The second kappa shape index (κ2) is 7.42. The Kier molecular flexibility index (Phi) is 5.90. The number of hydrogen-bond donors (Lipinski definition) is 2. The summed E-state index contributed by atoms with van der Waals surface area (Å²) in [6.45, 7) is 3.33. The summed E-state index contributed by atoms with van der Waals surface area (Å²) in [6, 6.07) is 6.54. The molecule has 0 saturated carbocycles. The van der Waals surface area contributed by atoms with Crippen LogP contribution in [0.2, 0.25) is 0 Å². The van der Waals surface area contributed by atoms with Crippen molar-refractivity contribution in [1.29, 1.82) is 0 Å². The summed E-state index contributed by atoms with van der Waals surface area (Å²) in [4.78, 5) is 35.0. The number of carbonyl (C=O) groups excluding carboxylic acids is 1. The van der Waals surface area contributed by atoms with E-state index in [1.165, 1.54) is 11.8 Å². The predicted octanol–water partition coefficient (Wildman–Crippen LogP) is 1.78. The normalized spacial score (nSPS) is 11.7. The molecule has 2 N–H and O–H groups in total. The molecule has 0 aliphatic carbocycles. The van der Waals surface area contributed by atoms with Gasteiger partial charge in [0.2, 0.25) is 5.91 Å². The van der Waals surface area contributed by atoms with Gasteiger partial charge in [-0.05, 0) is 17.7 Å². The summed E-state index contributed by atoms with van der Waals surface area (Å²) < 4.78 is 0.